The molecule has 4 rings (SSSR count). The largest absolute Gasteiger partial charge is 0.307 e. The summed E-state index contributed by atoms with van der Waals surface area (Å²) in [5, 5.41) is 1.80. The number of thioether (sulfide) groups is 1. The molecule has 5 heteroatoms. The number of hydrogen-bond acceptors (Lipinski definition) is 4. The molecule has 4 aromatic rings. The lowest BCUT2D eigenvalue weighted by molar-refractivity contribution is -0.116. The number of nitrogens with zero attached hydrogens (tertiary/aromatic N) is 3. The highest BCUT2D eigenvalue weighted by atomic mass is 32.2. The lowest BCUT2D eigenvalue weighted by Crippen LogP contribution is -2.31. The zero-order valence-electron chi connectivity index (χ0n) is 15.2. The van der Waals surface area contributed by atoms with Gasteiger partial charge in [0, 0.05) is 11.1 Å². The zero-order valence-corrected chi connectivity index (χ0v) is 16.0. The molecule has 0 bridgehead atoms. The average molecular weight is 385 g/mol. The van der Waals surface area contributed by atoms with E-state index < -0.39 is 0 Å². The fourth-order valence-electron chi connectivity index (χ4n) is 3.00. The van der Waals surface area contributed by atoms with Crippen LogP contribution in [0.4, 0.5) is 5.69 Å². The first-order valence-corrected chi connectivity index (χ1v) is 10.0. The van der Waals surface area contributed by atoms with Crippen LogP contribution in [0, 0.1) is 0 Å². The van der Waals surface area contributed by atoms with Gasteiger partial charge in [-0.25, -0.2) is 9.97 Å². The van der Waals surface area contributed by atoms with Crippen LogP contribution in [0.1, 0.15) is 5.56 Å². The van der Waals surface area contributed by atoms with Crippen molar-refractivity contribution in [2.75, 3.05) is 10.7 Å². The Kier molecular flexibility index (Phi) is 5.64. The Labute approximate surface area is 168 Å². The monoisotopic (exact) mass is 385 g/mol. The molecule has 0 aliphatic rings. The van der Waals surface area contributed by atoms with Gasteiger partial charge in [0.15, 0.2) is 0 Å². The minimum absolute atomic E-state index is 0.0442. The smallest absolute Gasteiger partial charge is 0.237 e. The van der Waals surface area contributed by atoms with E-state index in [0.29, 0.717) is 12.3 Å². The first-order valence-electron chi connectivity index (χ1n) is 9.03. The number of rotatable bonds is 6. The number of benzene rings is 3. The molecule has 0 unspecified atom stereocenters. The summed E-state index contributed by atoms with van der Waals surface area (Å²) in [7, 11) is 0. The Balaban J connectivity index is 1.55. The van der Waals surface area contributed by atoms with Crippen LogP contribution in [0.25, 0.3) is 10.9 Å². The first-order chi connectivity index (χ1) is 13.8. The van der Waals surface area contributed by atoms with E-state index in [2.05, 4.69) is 9.97 Å². The van der Waals surface area contributed by atoms with Crippen LogP contribution in [0.5, 0.6) is 0 Å². The summed E-state index contributed by atoms with van der Waals surface area (Å²) in [4.78, 5) is 23.6. The summed E-state index contributed by atoms with van der Waals surface area (Å²) in [6.45, 7) is 0.536. The molecule has 0 saturated heterocycles. The van der Waals surface area contributed by atoms with Gasteiger partial charge in [-0.3, -0.25) is 4.79 Å². The lowest BCUT2D eigenvalue weighted by Gasteiger charge is -2.23. The number of amides is 1. The highest BCUT2D eigenvalue weighted by Crippen LogP contribution is 2.26. The second kappa shape index (κ2) is 8.67. The summed E-state index contributed by atoms with van der Waals surface area (Å²) in [5.41, 5.74) is 2.87. The van der Waals surface area contributed by atoms with Crippen molar-refractivity contribution in [1.29, 1.82) is 0 Å². The molecule has 3 aromatic carbocycles. The Bertz CT molecular complexity index is 1070. The molecule has 1 heterocycles. The van der Waals surface area contributed by atoms with Crippen molar-refractivity contribution < 1.29 is 4.79 Å². The molecular formula is C23H19N3OS. The summed E-state index contributed by atoms with van der Waals surface area (Å²) < 4.78 is 0. The quantitative estimate of drug-likeness (QED) is 0.348. The van der Waals surface area contributed by atoms with Crippen molar-refractivity contribution in [1.82, 2.24) is 9.97 Å². The van der Waals surface area contributed by atoms with Crippen molar-refractivity contribution in [3.8, 4) is 0 Å². The number of anilines is 1. The molecular weight excluding hydrogens is 366 g/mol. The van der Waals surface area contributed by atoms with Gasteiger partial charge in [-0.1, -0.05) is 78.5 Å². The maximum atomic E-state index is 13.1. The molecule has 0 aliphatic carbocycles. The fourth-order valence-corrected chi connectivity index (χ4v) is 3.87. The molecule has 0 radical (unpaired) electrons. The molecule has 138 valence electrons. The summed E-state index contributed by atoms with van der Waals surface area (Å²) >= 11 is 1.45. The Hall–Kier alpha value is -3.18. The van der Waals surface area contributed by atoms with Crippen LogP contribution in [-0.4, -0.2) is 21.6 Å². The Morgan fingerprint density at radius 3 is 2.29 bits per heavy atom. The maximum absolute atomic E-state index is 13.1. The van der Waals surface area contributed by atoms with Crippen LogP contribution in [0.3, 0.4) is 0 Å². The molecule has 0 atom stereocenters. The number of carbonyl (C=O) groups excluding carboxylic acids is 1. The number of hydrogen-bond donors (Lipinski definition) is 0. The molecule has 1 aromatic heterocycles. The highest BCUT2D eigenvalue weighted by Gasteiger charge is 2.17. The molecule has 0 aliphatic heterocycles. The number of para-hydroxylation sites is 2. The summed E-state index contributed by atoms with van der Waals surface area (Å²) in [6, 6.07) is 27.7. The van der Waals surface area contributed by atoms with Gasteiger partial charge in [-0.2, -0.15) is 0 Å². The maximum Gasteiger partial charge on any atom is 0.237 e. The van der Waals surface area contributed by atoms with E-state index in [1.165, 1.54) is 11.8 Å². The van der Waals surface area contributed by atoms with Crippen molar-refractivity contribution in [2.24, 2.45) is 0 Å². The van der Waals surface area contributed by atoms with E-state index in [1.807, 2.05) is 89.8 Å². The number of carbonyl (C=O) groups is 1. The SMILES string of the molecule is O=C(CSc1ncnc2ccccc12)N(Cc1ccccc1)c1ccccc1. The van der Waals surface area contributed by atoms with Gasteiger partial charge in [0.1, 0.15) is 11.4 Å². The minimum atomic E-state index is 0.0442. The summed E-state index contributed by atoms with van der Waals surface area (Å²) in [5.74, 6) is 0.352. The predicted molar refractivity (Wildman–Crippen MR) is 114 cm³/mol. The summed E-state index contributed by atoms with van der Waals surface area (Å²) in [6.07, 6.45) is 1.55. The third-order valence-electron chi connectivity index (χ3n) is 4.39. The molecule has 0 fully saturated rings. The fraction of sp³-hybridized carbons (Fsp3) is 0.0870. The van der Waals surface area contributed by atoms with Crippen LogP contribution < -0.4 is 4.90 Å². The molecule has 4 nitrogen and oxygen atoms in total. The molecule has 28 heavy (non-hydrogen) atoms. The van der Waals surface area contributed by atoms with E-state index in [-0.39, 0.29) is 5.91 Å². The van der Waals surface area contributed by atoms with E-state index in [1.54, 1.807) is 6.33 Å². The van der Waals surface area contributed by atoms with Gasteiger partial charge in [0.05, 0.1) is 17.8 Å². The molecule has 0 N–H and O–H groups in total. The Morgan fingerprint density at radius 1 is 0.821 bits per heavy atom. The topological polar surface area (TPSA) is 46.1 Å². The Morgan fingerprint density at radius 2 is 1.50 bits per heavy atom. The third-order valence-corrected chi connectivity index (χ3v) is 5.38. The highest BCUT2D eigenvalue weighted by molar-refractivity contribution is 8.00. The zero-order chi connectivity index (χ0) is 19.2. The first kappa shape index (κ1) is 18.2. The van der Waals surface area contributed by atoms with Gasteiger partial charge in [-0.15, -0.1) is 0 Å². The normalized spacial score (nSPS) is 10.7. The minimum Gasteiger partial charge on any atom is -0.307 e. The number of fused-ring (bicyclic) bond motifs is 1. The van der Waals surface area contributed by atoms with Crippen molar-refractivity contribution in [3.63, 3.8) is 0 Å². The van der Waals surface area contributed by atoms with Crippen molar-refractivity contribution >= 4 is 34.3 Å². The molecule has 0 spiro atoms. The molecule has 0 saturated carbocycles. The second-order valence-electron chi connectivity index (χ2n) is 6.29. The standard InChI is InChI=1S/C23H19N3OS/c27-22(16-28-23-20-13-7-8-14-21(20)24-17-25-23)26(19-11-5-2-6-12-19)15-18-9-3-1-4-10-18/h1-14,17H,15-16H2. The van der Waals surface area contributed by atoms with Gasteiger partial charge >= 0.3 is 0 Å². The van der Waals surface area contributed by atoms with E-state index in [4.69, 9.17) is 0 Å². The van der Waals surface area contributed by atoms with Gasteiger partial charge < -0.3 is 4.90 Å². The van der Waals surface area contributed by atoms with Crippen molar-refractivity contribution in [2.45, 2.75) is 11.6 Å². The lowest BCUT2D eigenvalue weighted by atomic mass is 10.2. The van der Waals surface area contributed by atoms with Crippen molar-refractivity contribution in [3.05, 3.63) is 96.8 Å². The van der Waals surface area contributed by atoms with Gasteiger partial charge in [0.2, 0.25) is 5.91 Å². The van der Waals surface area contributed by atoms with Crippen LogP contribution in [0.2, 0.25) is 0 Å². The van der Waals surface area contributed by atoms with Gasteiger partial charge in [0.25, 0.3) is 0 Å². The van der Waals surface area contributed by atoms with Crippen LogP contribution >= 0.6 is 11.8 Å². The third kappa shape index (κ3) is 4.21. The van der Waals surface area contributed by atoms with E-state index >= 15 is 0 Å². The number of aromatic nitrogens is 2. The van der Waals surface area contributed by atoms with Crippen LogP contribution in [0.15, 0.2) is 96.3 Å². The van der Waals surface area contributed by atoms with Crippen LogP contribution in [-0.2, 0) is 11.3 Å². The second-order valence-corrected chi connectivity index (χ2v) is 7.25. The van der Waals surface area contributed by atoms with E-state index in [9.17, 15) is 4.79 Å². The average Bonchev–Trinajstić information content (AvgIpc) is 2.77. The van der Waals surface area contributed by atoms with E-state index in [0.717, 1.165) is 27.2 Å². The predicted octanol–water partition coefficient (Wildman–Crippen LogP) is 4.96. The van der Waals surface area contributed by atoms with Gasteiger partial charge in [-0.05, 0) is 23.8 Å². The molecule has 1 amide bonds.